The van der Waals surface area contributed by atoms with Gasteiger partial charge in [0.2, 0.25) is 0 Å². The Morgan fingerprint density at radius 1 is 1.33 bits per heavy atom. The summed E-state index contributed by atoms with van der Waals surface area (Å²) in [6.07, 6.45) is 4.20. The quantitative estimate of drug-likeness (QED) is 0.735. The predicted molar refractivity (Wildman–Crippen MR) is 66.5 cm³/mol. The van der Waals surface area contributed by atoms with E-state index in [0.717, 1.165) is 25.1 Å². The zero-order valence-corrected chi connectivity index (χ0v) is 11.5. The summed E-state index contributed by atoms with van der Waals surface area (Å²) >= 11 is 3.69. The van der Waals surface area contributed by atoms with Crippen molar-refractivity contribution in [2.45, 2.75) is 38.6 Å². The van der Waals surface area contributed by atoms with E-state index in [2.05, 4.69) is 34.7 Å². The van der Waals surface area contributed by atoms with E-state index in [0.29, 0.717) is 5.41 Å². The van der Waals surface area contributed by atoms with E-state index in [-0.39, 0.29) is 5.54 Å². The van der Waals surface area contributed by atoms with Crippen molar-refractivity contribution in [3.63, 3.8) is 0 Å². The Morgan fingerprint density at radius 2 is 2.07 bits per heavy atom. The molecule has 2 fully saturated rings. The molecule has 1 saturated heterocycles. The van der Waals surface area contributed by atoms with Gasteiger partial charge in [-0.1, -0.05) is 22.4 Å². The summed E-state index contributed by atoms with van der Waals surface area (Å²) in [5.74, 6) is 0. The molecule has 1 aliphatic carbocycles. The molecule has 1 aliphatic heterocycles. The van der Waals surface area contributed by atoms with Gasteiger partial charge in [-0.3, -0.25) is 4.90 Å². The standard InChI is InChI=1S/C12H22BrNO/c1-11(2)10-15-7-6-14(11)9-12(8-13)4-3-5-12/h3-10H2,1-2H3. The van der Waals surface area contributed by atoms with Crippen LogP contribution in [-0.4, -0.2) is 42.1 Å². The molecule has 0 aromatic rings. The van der Waals surface area contributed by atoms with Crippen molar-refractivity contribution < 1.29 is 4.74 Å². The van der Waals surface area contributed by atoms with Crippen molar-refractivity contribution in [3.05, 3.63) is 0 Å². The number of hydrogen-bond acceptors (Lipinski definition) is 2. The van der Waals surface area contributed by atoms with Crippen LogP contribution in [0.4, 0.5) is 0 Å². The molecular formula is C12H22BrNO. The van der Waals surface area contributed by atoms with Gasteiger partial charge in [-0.2, -0.15) is 0 Å². The highest BCUT2D eigenvalue weighted by Gasteiger charge is 2.41. The monoisotopic (exact) mass is 275 g/mol. The molecule has 0 bridgehead atoms. The molecular weight excluding hydrogens is 254 g/mol. The number of alkyl halides is 1. The zero-order chi connectivity index (χ0) is 10.9. The minimum absolute atomic E-state index is 0.225. The first-order chi connectivity index (χ1) is 7.08. The van der Waals surface area contributed by atoms with Crippen LogP contribution in [0.25, 0.3) is 0 Å². The molecule has 2 nitrogen and oxygen atoms in total. The fourth-order valence-electron chi connectivity index (χ4n) is 2.60. The van der Waals surface area contributed by atoms with Gasteiger partial charge in [0, 0.05) is 24.0 Å². The fourth-order valence-corrected chi connectivity index (χ4v) is 3.34. The van der Waals surface area contributed by atoms with Crippen molar-refractivity contribution in [3.8, 4) is 0 Å². The number of ether oxygens (including phenoxy) is 1. The number of morpholine rings is 1. The number of hydrogen-bond donors (Lipinski definition) is 0. The molecule has 0 atom stereocenters. The lowest BCUT2D eigenvalue weighted by Crippen LogP contribution is -2.57. The second-order valence-corrected chi connectivity index (χ2v) is 6.33. The predicted octanol–water partition coefficient (Wildman–Crippen LogP) is 2.66. The van der Waals surface area contributed by atoms with Gasteiger partial charge in [0.05, 0.1) is 13.2 Å². The van der Waals surface area contributed by atoms with Gasteiger partial charge in [-0.05, 0) is 32.1 Å². The smallest absolute Gasteiger partial charge is 0.0645 e. The SMILES string of the molecule is CC1(C)COCCN1CC1(CBr)CCC1. The highest BCUT2D eigenvalue weighted by atomic mass is 79.9. The third-order valence-electron chi connectivity index (χ3n) is 4.04. The molecule has 1 heterocycles. The molecule has 1 saturated carbocycles. The normalized spacial score (nSPS) is 29.8. The third kappa shape index (κ3) is 2.40. The van der Waals surface area contributed by atoms with Gasteiger partial charge in [-0.25, -0.2) is 0 Å². The van der Waals surface area contributed by atoms with Crippen LogP contribution in [0, 0.1) is 5.41 Å². The molecule has 0 aromatic heterocycles. The van der Waals surface area contributed by atoms with Crippen LogP contribution in [0.15, 0.2) is 0 Å². The van der Waals surface area contributed by atoms with Crippen molar-refractivity contribution in [2.75, 3.05) is 31.6 Å². The molecule has 0 spiro atoms. The number of halogens is 1. The Labute approximate surface area is 101 Å². The highest BCUT2D eigenvalue weighted by Crippen LogP contribution is 2.44. The topological polar surface area (TPSA) is 12.5 Å². The summed E-state index contributed by atoms with van der Waals surface area (Å²) in [5.41, 5.74) is 0.789. The van der Waals surface area contributed by atoms with Gasteiger partial charge >= 0.3 is 0 Å². The first-order valence-corrected chi connectivity index (χ1v) is 7.09. The van der Waals surface area contributed by atoms with Gasteiger partial charge in [0.25, 0.3) is 0 Å². The maximum atomic E-state index is 5.56. The molecule has 2 rings (SSSR count). The second kappa shape index (κ2) is 4.34. The summed E-state index contributed by atoms with van der Waals surface area (Å²) in [4.78, 5) is 2.62. The van der Waals surface area contributed by atoms with Crippen LogP contribution in [-0.2, 0) is 4.74 Å². The molecule has 15 heavy (non-hydrogen) atoms. The minimum atomic E-state index is 0.225. The van der Waals surface area contributed by atoms with Crippen LogP contribution in [0.5, 0.6) is 0 Å². The highest BCUT2D eigenvalue weighted by molar-refractivity contribution is 9.09. The average molecular weight is 276 g/mol. The molecule has 0 aromatic carbocycles. The molecule has 0 amide bonds. The van der Waals surface area contributed by atoms with E-state index in [1.165, 1.54) is 25.8 Å². The minimum Gasteiger partial charge on any atom is -0.378 e. The Bertz CT molecular complexity index is 220. The molecule has 0 N–H and O–H groups in total. The van der Waals surface area contributed by atoms with Gasteiger partial charge in [-0.15, -0.1) is 0 Å². The zero-order valence-electron chi connectivity index (χ0n) is 9.89. The summed E-state index contributed by atoms with van der Waals surface area (Å²) < 4.78 is 5.56. The third-order valence-corrected chi connectivity index (χ3v) is 5.23. The van der Waals surface area contributed by atoms with E-state index in [9.17, 15) is 0 Å². The molecule has 0 unspecified atom stereocenters. The average Bonchev–Trinajstić information content (AvgIpc) is 2.13. The van der Waals surface area contributed by atoms with Crippen LogP contribution in [0.1, 0.15) is 33.1 Å². The summed E-state index contributed by atoms with van der Waals surface area (Å²) in [6, 6.07) is 0. The number of nitrogens with zero attached hydrogens (tertiary/aromatic N) is 1. The fraction of sp³-hybridized carbons (Fsp3) is 1.00. The first-order valence-electron chi connectivity index (χ1n) is 5.97. The van der Waals surface area contributed by atoms with Crippen molar-refractivity contribution in [1.29, 1.82) is 0 Å². The van der Waals surface area contributed by atoms with E-state index in [4.69, 9.17) is 4.74 Å². The first kappa shape index (κ1) is 11.9. The summed E-state index contributed by atoms with van der Waals surface area (Å²) in [7, 11) is 0. The van der Waals surface area contributed by atoms with E-state index < -0.39 is 0 Å². The van der Waals surface area contributed by atoms with Crippen LogP contribution < -0.4 is 0 Å². The maximum Gasteiger partial charge on any atom is 0.0645 e. The van der Waals surface area contributed by atoms with E-state index in [1.807, 2.05) is 0 Å². The van der Waals surface area contributed by atoms with Crippen molar-refractivity contribution in [2.24, 2.45) is 5.41 Å². The lowest BCUT2D eigenvalue weighted by atomic mass is 9.69. The Hall–Kier alpha value is 0.400. The molecule has 3 heteroatoms. The van der Waals surface area contributed by atoms with Crippen LogP contribution >= 0.6 is 15.9 Å². The van der Waals surface area contributed by atoms with Crippen molar-refractivity contribution in [1.82, 2.24) is 4.90 Å². The lowest BCUT2D eigenvalue weighted by Gasteiger charge is -2.50. The lowest BCUT2D eigenvalue weighted by molar-refractivity contribution is -0.0752. The maximum absolute atomic E-state index is 5.56. The number of rotatable bonds is 3. The van der Waals surface area contributed by atoms with Crippen LogP contribution in [0.3, 0.4) is 0 Å². The van der Waals surface area contributed by atoms with E-state index >= 15 is 0 Å². The molecule has 0 radical (unpaired) electrons. The summed E-state index contributed by atoms with van der Waals surface area (Å²) in [5, 5.41) is 1.16. The molecule has 2 aliphatic rings. The van der Waals surface area contributed by atoms with Gasteiger partial charge in [0.15, 0.2) is 0 Å². The van der Waals surface area contributed by atoms with Gasteiger partial charge in [0.1, 0.15) is 0 Å². The Morgan fingerprint density at radius 3 is 2.53 bits per heavy atom. The molecule has 88 valence electrons. The van der Waals surface area contributed by atoms with Crippen LogP contribution in [0.2, 0.25) is 0 Å². The Balaban J connectivity index is 1.97. The second-order valence-electron chi connectivity index (χ2n) is 5.77. The van der Waals surface area contributed by atoms with Gasteiger partial charge < -0.3 is 4.74 Å². The largest absolute Gasteiger partial charge is 0.378 e. The Kier molecular flexibility index (Phi) is 3.44. The summed E-state index contributed by atoms with van der Waals surface area (Å²) in [6.45, 7) is 8.73. The van der Waals surface area contributed by atoms with E-state index in [1.54, 1.807) is 0 Å². The van der Waals surface area contributed by atoms with Crippen molar-refractivity contribution >= 4 is 15.9 Å².